The number of nitrogens with one attached hydrogen (secondary N) is 2. The Morgan fingerprint density at radius 1 is 0.979 bits per heavy atom. The molecule has 2 aromatic heterocycles. The van der Waals surface area contributed by atoms with E-state index < -0.39 is 71.2 Å². The number of hydrogen-bond acceptors (Lipinski definition) is 9. The Bertz CT molecular complexity index is 2160. The van der Waals surface area contributed by atoms with E-state index in [0.29, 0.717) is 18.2 Å². The first-order valence-corrected chi connectivity index (χ1v) is 18.4. The van der Waals surface area contributed by atoms with E-state index in [2.05, 4.69) is 20.3 Å². The Kier molecular flexibility index (Phi) is 7.56. The average molecular weight is 734 g/mol. The molecule has 3 aliphatic rings. The van der Waals surface area contributed by atoms with Crippen molar-refractivity contribution in [2.45, 2.75) is 41.8 Å². The zero-order valence-electron chi connectivity index (χ0n) is 24.1. The van der Waals surface area contributed by atoms with Crippen LogP contribution >= 0.6 is 11.3 Å². The summed E-state index contributed by atoms with van der Waals surface area (Å²) < 4.78 is 151. The molecule has 19 heteroatoms. The SMILES string of the molecule is O=S1(=O)C[C@@H]2[C@H](C1)[C@H]2Nc1nccc(-c2sc(C3(C(F)F)CC3)nc2-c2cccc(NS(=O)(=O)c3c(F)cccc3C(F)(F)F)c2F)n1. The van der Waals surface area contributed by atoms with Crippen molar-refractivity contribution >= 4 is 42.8 Å². The van der Waals surface area contributed by atoms with Crippen molar-refractivity contribution in [1.82, 2.24) is 15.0 Å². The van der Waals surface area contributed by atoms with Crippen molar-refractivity contribution in [2.75, 3.05) is 21.5 Å². The highest BCUT2D eigenvalue weighted by molar-refractivity contribution is 7.92. The molecule has 2 N–H and O–H groups in total. The summed E-state index contributed by atoms with van der Waals surface area (Å²) in [6.45, 7) is 0. The highest BCUT2D eigenvalue weighted by Crippen LogP contribution is 2.56. The van der Waals surface area contributed by atoms with Crippen LogP contribution in [0.1, 0.15) is 23.4 Å². The zero-order chi connectivity index (χ0) is 34.4. The van der Waals surface area contributed by atoms with Crippen LogP contribution in [-0.2, 0) is 31.5 Å². The van der Waals surface area contributed by atoms with Crippen LogP contribution in [0.4, 0.5) is 42.4 Å². The summed E-state index contributed by atoms with van der Waals surface area (Å²) in [4.78, 5) is 11.4. The molecule has 3 heterocycles. The second-order valence-corrected chi connectivity index (χ2v) is 16.7. The van der Waals surface area contributed by atoms with Crippen molar-refractivity contribution in [3.05, 3.63) is 70.9 Å². The topological polar surface area (TPSA) is 131 Å². The molecule has 2 aromatic carbocycles. The minimum Gasteiger partial charge on any atom is -0.351 e. The summed E-state index contributed by atoms with van der Waals surface area (Å²) in [6, 6.07) is 6.03. The first kappa shape index (κ1) is 32.7. The monoisotopic (exact) mass is 733 g/mol. The number of sulfonamides is 1. The van der Waals surface area contributed by atoms with Gasteiger partial charge in [0.05, 0.1) is 44.4 Å². The Morgan fingerprint density at radius 3 is 2.31 bits per heavy atom. The van der Waals surface area contributed by atoms with E-state index >= 15 is 4.39 Å². The molecule has 3 fully saturated rings. The number of rotatable bonds is 9. The number of hydrogen-bond donors (Lipinski definition) is 2. The van der Waals surface area contributed by atoms with Crippen LogP contribution in [0.2, 0.25) is 0 Å². The maximum Gasteiger partial charge on any atom is 0.417 e. The van der Waals surface area contributed by atoms with Crippen LogP contribution in [0.3, 0.4) is 0 Å². The van der Waals surface area contributed by atoms with Crippen LogP contribution in [0.5, 0.6) is 0 Å². The highest BCUT2D eigenvalue weighted by Gasteiger charge is 2.59. The highest BCUT2D eigenvalue weighted by atomic mass is 32.2. The molecule has 254 valence electrons. The molecule has 1 aliphatic heterocycles. The van der Waals surface area contributed by atoms with E-state index in [0.717, 1.165) is 23.5 Å². The van der Waals surface area contributed by atoms with Gasteiger partial charge in [-0.25, -0.2) is 49.3 Å². The summed E-state index contributed by atoms with van der Waals surface area (Å²) in [5.74, 6) is -3.08. The predicted molar refractivity (Wildman–Crippen MR) is 161 cm³/mol. The van der Waals surface area contributed by atoms with Crippen molar-refractivity contribution in [3.63, 3.8) is 0 Å². The smallest absolute Gasteiger partial charge is 0.351 e. The molecule has 7 rings (SSSR count). The number of aromatic nitrogens is 3. The van der Waals surface area contributed by atoms with Crippen LogP contribution in [0, 0.1) is 23.5 Å². The van der Waals surface area contributed by atoms with E-state index in [-0.39, 0.29) is 69.4 Å². The zero-order valence-corrected chi connectivity index (χ0v) is 26.6. The minimum absolute atomic E-state index is 0.0240. The van der Waals surface area contributed by atoms with Gasteiger partial charge in [0.1, 0.15) is 15.7 Å². The molecular weight excluding hydrogens is 712 g/mol. The number of alkyl halides is 5. The summed E-state index contributed by atoms with van der Waals surface area (Å²) in [5.41, 5.74) is -4.68. The predicted octanol–water partition coefficient (Wildman–Crippen LogP) is 6.12. The van der Waals surface area contributed by atoms with Crippen LogP contribution in [-0.4, -0.2) is 55.8 Å². The van der Waals surface area contributed by atoms with Crippen LogP contribution < -0.4 is 10.0 Å². The normalized spacial score (nSPS) is 22.4. The average Bonchev–Trinajstić information content (AvgIpc) is 3.83. The third-order valence-electron chi connectivity index (χ3n) is 8.71. The van der Waals surface area contributed by atoms with E-state index in [1.54, 1.807) is 4.72 Å². The number of sulfone groups is 1. The lowest BCUT2D eigenvalue weighted by atomic mass is 10.1. The molecule has 3 atom stereocenters. The second-order valence-electron chi connectivity index (χ2n) is 11.9. The summed E-state index contributed by atoms with van der Waals surface area (Å²) in [6.07, 6.45) is -6.50. The minimum atomic E-state index is -5.35. The largest absolute Gasteiger partial charge is 0.417 e. The van der Waals surface area contributed by atoms with Gasteiger partial charge >= 0.3 is 6.18 Å². The Balaban J connectivity index is 1.27. The van der Waals surface area contributed by atoms with Gasteiger partial charge in [-0.1, -0.05) is 12.1 Å². The Morgan fingerprint density at radius 2 is 1.67 bits per heavy atom. The van der Waals surface area contributed by atoms with Gasteiger partial charge in [0.25, 0.3) is 10.0 Å². The first-order valence-electron chi connectivity index (χ1n) is 14.3. The van der Waals surface area contributed by atoms with Gasteiger partial charge in [0.15, 0.2) is 15.7 Å². The maximum absolute atomic E-state index is 16.1. The first-order chi connectivity index (χ1) is 22.5. The van der Waals surface area contributed by atoms with E-state index in [1.807, 2.05) is 0 Å². The molecule has 0 spiro atoms. The van der Waals surface area contributed by atoms with E-state index in [1.165, 1.54) is 18.3 Å². The lowest BCUT2D eigenvalue weighted by Crippen LogP contribution is -2.21. The van der Waals surface area contributed by atoms with Crippen LogP contribution in [0.15, 0.2) is 53.6 Å². The molecule has 2 aliphatic carbocycles. The van der Waals surface area contributed by atoms with Crippen LogP contribution in [0.25, 0.3) is 21.8 Å². The van der Waals surface area contributed by atoms with E-state index in [4.69, 9.17) is 0 Å². The summed E-state index contributed by atoms with van der Waals surface area (Å²) in [7, 11) is -8.47. The van der Waals surface area contributed by atoms with Crippen molar-refractivity contribution in [3.8, 4) is 21.8 Å². The molecular formula is C29H22F7N5O4S3. The van der Waals surface area contributed by atoms with Gasteiger partial charge in [-0.05, 0) is 55.0 Å². The molecule has 0 amide bonds. The van der Waals surface area contributed by atoms with Gasteiger partial charge in [-0.15, -0.1) is 11.3 Å². The Labute approximate surface area is 272 Å². The van der Waals surface area contributed by atoms with Gasteiger partial charge in [0, 0.05) is 17.8 Å². The maximum atomic E-state index is 16.1. The summed E-state index contributed by atoms with van der Waals surface area (Å²) in [5, 5.41) is 3.07. The molecule has 4 aromatic rings. The molecule has 48 heavy (non-hydrogen) atoms. The second kappa shape index (κ2) is 11.1. The van der Waals surface area contributed by atoms with Crippen molar-refractivity contribution in [1.29, 1.82) is 0 Å². The lowest BCUT2D eigenvalue weighted by molar-refractivity contribution is -0.140. The fourth-order valence-corrected chi connectivity index (χ4v) is 10.9. The summed E-state index contributed by atoms with van der Waals surface area (Å²) >= 11 is 0.828. The fourth-order valence-electron chi connectivity index (χ4n) is 6.02. The molecule has 0 radical (unpaired) electrons. The molecule has 0 bridgehead atoms. The van der Waals surface area contributed by atoms with Gasteiger partial charge in [0.2, 0.25) is 12.4 Å². The van der Waals surface area contributed by atoms with Crippen molar-refractivity contribution < 1.29 is 47.6 Å². The number of fused-ring (bicyclic) bond motifs is 1. The molecule has 2 saturated carbocycles. The van der Waals surface area contributed by atoms with Gasteiger partial charge < -0.3 is 5.32 Å². The fraction of sp³-hybridized carbons (Fsp3) is 0.345. The number of nitrogens with zero attached hydrogens (tertiary/aromatic N) is 3. The number of anilines is 2. The standard InChI is InChI=1S/C29H22F7N5O4S3/c30-17-5-2-4-16(29(34,35)36)24(17)48(44,45)41-18-6-1-3-13(20(18)31)22-23(46-26(39-22)28(8-9-28)25(32)33)19-7-10-37-27(38-19)40-21-14-11-47(42,43)12-15(14)21/h1-7,10,14-15,21,25,41H,8-9,11-12H2,(H,37,38,40)/t14-,15+,21+. The number of benzene rings is 2. The van der Waals surface area contributed by atoms with Gasteiger partial charge in [-0.3, -0.25) is 4.72 Å². The third kappa shape index (κ3) is 5.68. The number of thiazole rings is 1. The lowest BCUT2D eigenvalue weighted by Gasteiger charge is -2.16. The Hall–Kier alpha value is -3.84. The molecule has 9 nitrogen and oxygen atoms in total. The third-order valence-corrected chi connectivity index (χ3v) is 13.2. The molecule has 1 saturated heterocycles. The van der Waals surface area contributed by atoms with Crippen molar-refractivity contribution in [2.24, 2.45) is 11.8 Å². The molecule has 0 unspecified atom stereocenters. The quantitative estimate of drug-likeness (QED) is 0.197. The van der Waals surface area contributed by atoms with Gasteiger partial charge in [-0.2, -0.15) is 13.2 Å². The number of halogens is 7. The van der Waals surface area contributed by atoms with E-state index in [9.17, 15) is 43.2 Å².